The molecule has 33 heteroatoms. The van der Waals surface area contributed by atoms with Gasteiger partial charge in [-0.25, -0.2) is 0 Å². The van der Waals surface area contributed by atoms with E-state index in [0.717, 1.165) is 4.74 Å². The highest BCUT2D eigenvalue weighted by atomic mass is 19.5. The van der Waals surface area contributed by atoms with Gasteiger partial charge in [0.2, 0.25) is 0 Å². The Morgan fingerprint density at radius 3 is 0.574 bits per heavy atom. The Balaban J connectivity index is 7.82. The molecule has 0 rings (SSSR count). The van der Waals surface area contributed by atoms with Crippen molar-refractivity contribution in [3.63, 3.8) is 0 Å². The van der Waals surface area contributed by atoms with Crippen LogP contribution in [0.1, 0.15) is 0 Å². The van der Waals surface area contributed by atoms with Crippen LogP contribution in [0.15, 0.2) is 0 Å². The van der Waals surface area contributed by atoms with Crippen LogP contribution >= 0.6 is 0 Å². The van der Waals surface area contributed by atoms with Crippen molar-refractivity contribution >= 4 is 0 Å². The summed E-state index contributed by atoms with van der Waals surface area (Å²) in [5, 5.41) is 0. The Morgan fingerprint density at radius 2 is 0.383 bits per heavy atom. The maximum absolute atomic E-state index is 14.3. The molecule has 0 spiro atoms. The molecule has 0 aliphatic carbocycles. The first-order chi connectivity index (χ1) is 19.6. The molecule has 0 amide bonds. The molecule has 0 radical (unpaired) electrons. The fourth-order valence-electron chi connectivity index (χ4n) is 2.14. The van der Waals surface area contributed by atoms with E-state index >= 15 is 0 Å². The van der Waals surface area contributed by atoms with E-state index in [4.69, 9.17) is 0 Å². The zero-order valence-electron chi connectivity index (χ0n) is 19.6. The predicted molar refractivity (Wildman–Crippen MR) is 74.7 cm³/mol. The van der Waals surface area contributed by atoms with Gasteiger partial charge < -0.3 is 0 Å². The predicted octanol–water partition coefficient (Wildman–Crippen LogP) is 9.53. The number of halogens is 30. The van der Waals surface area contributed by atoms with Crippen LogP contribution in [0.25, 0.3) is 0 Å². The van der Waals surface area contributed by atoms with Gasteiger partial charge >= 0.3 is 84.5 Å². The fourth-order valence-corrected chi connectivity index (χ4v) is 2.14. The van der Waals surface area contributed by atoms with E-state index in [1.165, 1.54) is 0 Å². The van der Waals surface area contributed by atoms with Gasteiger partial charge in [0.05, 0.1) is 0 Å². The summed E-state index contributed by atoms with van der Waals surface area (Å²) in [5.41, 5.74) is 0. The van der Waals surface area contributed by atoms with E-state index in [1.54, 1.807) is 0 Å². The van der Waals surface area contributed by atoms with Crippen molar-refractivity contribution in [3.05, 3.63) is 0 Å². The van der Waals surface area contributed by atoms with Gasteiger partial charge in [-0.15, -0.1) is 0 Å². The molecular weight excluding hydrogens is 786 g/mol. The normalized spacial score (nSPS) is 20.0. The first-order valence-electron chi connectivity index (χ1n) is 9.39. The van der Waals surface area contributed by atoms with Crippen molar-refractivity contribution in [2.45, 2.75) is 84.5 Å². The zero-order valence-corrected chi connectivity index (χ0v) is 19.6. The largest absolute Gasteiger partial charge is 0.462 e. The molecule has 3 unspecified atom stereocenters. The lowest BCUT2D eigenvalue weighted by Gasteiger charge is -2.45. The molecule has 3 atom stereocenters. The molecule has 0 saturated carbocycles. The van der Waals surface area contributed by atoms with Gasteiger partial charge in [0, 0.05) is 0 Å². The van der Waals surface area contributed by atoms with Crippen LogP contribution in [0.3, 0.4) is 0 Å². The number of hydrogen-bond acceptors (Lipinski definition) is 3. The maximum atomic E-state index is 14.3. The highest BCUT2D eigenvalue weighted by Gasteiger charge is 2.94. The summed E-state index contributed by atoms with van der Waals surface area (Å²) < 4.78 is 393. The Hall–Kier alpha value is -2.22. The van der Waals surface area contributed by atoms with Gasteiger partial charge in [-0.05, 0) is 0 Å². The van der Waals surface area contributed by atoms with Crippen LogP contribution in [0.4, 0.5) is 132 Å². The topological polar surface area (TPSA) is 27.7 Å². The minimum atomic E-state index is -9.77. The molecule has 3 nitrogen and oxygen atoms in total. The van der Waals surface area contributed by atoms with Crippen molar-refractivity contribution in [2.75, 3.05) is 0 Å². The van der Waals surface area contributed by atoms with Gasteiger partial charge in [0.25, 0.3) is 0 Å². The lowest BCUT2D eigenvalue weighted by Crippen LogP contribution is -2.76. The Morgan fingerprint density at radius 1 is 0.191 bits per heavy atom. The van der Waals surface area contributed by atoms with E-state index in [1.807, 2.05) is 0 Å². The molecule has 0 aliphatic rings. The summed E-state index contributed by atoms with van der Waals surface area (Å²) in [6.45, 7) is 0. The molecule has 0 aromatic rings. The second-order valence-electron chi connectivity index (χ2n) is 7.85. The zero-order chi connectivity index (χ0) is 39.1. The monoisotopic (exact) mass is 786 g/mol. The Labute approximate surface area is 232 Å². The van der Waals surface area contributed by atoms with E-state index in [9.17, 15) is 132 Å². The van der Waals surface area contributed by atoms with E-state index in [-0.39, 0.29) is 0 Å². The lowest BCUT2D eigenvalue weighted by molar-refractivity contribution is -0.581. The van der Waals surface area contributed by atoms with Crippen LogP contribution in [0.2, 0.25) is 0 Å². The molecule has 0 aliphatic heterocycles. The van der Waals surface area contributed by atoms with Crippen LogP contribution in [0, 0.1) is 0 Å². The van der Waals surface area contributed by atoms with Gasteiger partial charge in [-0.1, -0.05) is 0 Å². The number of rotatable bonds is 11. The second kappa shape index (κ2) is 11.1. The molecular formula is C14F30O3. The van der Waals surface area contributed by atoms with Crippen molar-refractivity contribution in [2.24, 2.45) is 0 Å². The van der Waals surface area contributed by atoms with Crippen molar-refractivity contribution in [1.82, 2.24) is 0 Å². The molecule has 47 heavy (non-hydrogen) atoms. The standard InChI is InChI=1S/C14F30O3/c15-1(16,4(21,9(30,31)32)45-12(39,40)2(17,18)7(24,25)26)5(22,10(33,34)35)46-14(43,44)6(23,11(36,37)38)47-13(41,42)3(19,20)8(27,28)29. The molecule has 0 aromatic carbocycles. The van der Waals surface area contributed by atoms with E-state index in [0.29, 0.717) is 9.47 Å². The molecule has 0 heterocycles. The number of alkyl halides is 30. The number of hydrogen-bond donors (Lipinski definition) is 0. The fraction of sp³-hybridized carbons (Fsp3) is 1.00. The van der Waals surface area contributed by atoms with Crippen LogP contribution in [0.5, 0.6) is 0 Å². The number of ether oxygens (including phenoxy) is 3. The molecule has 0 saturated heterocycles. The average molecular weight is 786 g/mol. The van der Waals surface area contributed by atoms with E-state index < -0.39 is 84.5 Å². The molecule has 284 valence electrons. The Bertz CT molecular complexity index is 1110. The van der Waals surface area contributed by atoms with Gasteiger partial charge in [-0.2, -0.15) is 132 Å². The van der Waals surface area contributed by atoms with Crippen LogP contribution in [-0.2, 0) is 14.2 Å². The third-order valence-electron chi connectivity index (χ3n) is 4.53. The first kappa shape index (κ1) is 44.8. The minimum absolute atomic E-state index is 0.670. The van der Waals surface area contributed by atoms with Crippen LogP contribution in [-0.4, -0.2) is 84.5 Å². The highest BCUT2D eigenvalue weighted by Crippen LogP contribution is 2.63. The molecule has 0 N–H and O–H groups in total. The summed E-state index contributed by atoms with van der Waals surface area (Å²) in [4.78, 5) is 0. The van der Waals surface area contributed by atoms with Gasteiger partial charge in [0.1, 0.15) is 0 Å². The molecule has 0 aromatic heterocycles. The van der Waals surface area contributed by atoms with Crippen molar-refractivity contribution < 1.29 is 146 Å². The van der Waals surface area contributed by atoms with Gasteiger partial charge in [0.15, 0.2) is 0 Å². The summed E-state index contributed by atoms with van der Waals surface area (Å²) in [6.07, 6.45) is -69.7. The molecule has 0 fully saturated rings. The average Bonchev–Trinajstić information content (AvgIpc) is 2.73. The Kier molecular flexibility index (Phi) is 10.6. The van der Waals surface area contributed by atoms with Crippen molar-refractivity contribution in [3.8, 4) is 0 Å². The van der Waals surface area contributed by atoms with E-state index in [2.05, 4.69) is 0 Å². The summed E-state index contributed by atoms with van der Waals surface area (Å²) in [7, 11) is 0. The highest BCUT2D eigenvalue weighted by molar-refractivity contribution is 5.08. The summed E-state index contributed by atoms with van der Waals surface area (Å²) in [5.74, 6) is -54.9. The summed E-state index contributed by atoms with van der Waals surface area (Å²) in [6, 6.07) is 0. The third kappa shape index (κ3) is 6.83. The lowest BCUT2D eigenvalue weighted by atomic mass is 9.99. The minimum Gasteiger partial charge on any atom is -0.265 e. The smallest absolute Gasteiger partial charge is 0.265 e. The summed E-state index contributed by atoms with van der Waals surface area (Å²) >= 11 is 0. The first-order valence-corrected chi connectivity index (χ1v) is 9.39. The SMILES string of the molecule is FC(F)(F)C(F)(F)C(F)(F)OC(F)(C(F)(F)F)C(F)(F)OC(F)(C(F)(F)F)C(F)(F)C(F)(OC(F)(F)C(F)(F)C(F)(F)F)C(F)(F)F. The molecule has 0 bridgehead atoms. The second-order valence-corrected chi connectivity index (χ2v) is 7.85. The van der Waals surface area contributed by atoms with Crippen LogP contribution < -0.4 is 0 Å². The third-order valence-corrected chi connectivity index (χ3v) is 4.53. The maximum Gasteiger partial charge on any atom is 0.462 e. The van der Waals surface area contributed by atoms with Gasteiger partial charge in [-0.3, -0.25) is 14.2 Å². The quantitative estimate of drug-likeness (QED) is 0.196. The van der Waals surface area contributed by atoms with Crippen molar-refractivity contribution in [1.29, 1.82) is 0 Å².